The molecule has 0 atom stereocenters. The third-order valence-electron chi connectivity index (χ3n) is 3.76. The zero-order chi connectivity index (χ0) is 17.3. The number of hydrogen-bond acceptors (Lipinski definition) is 5. The van der Waals surface area contributed by atoms with Gasteiger partial charge in [-0.1, -0.05) is 12.1 Å². The largest absolute Gasteiger partial charge is 0.292 e. The predicted molar refractivity (Wildman–Crippen MR) is 87.7 cm³/mol. The van der Waals surface area contributed by atoms with Crippen LogP contribution in [0.15, 0.2) is 47.3 Å². The second kappa shape index (κ2) is 5.93. The molecule has 0 bridgehead atoms. The summed E-state index contributed by atoms with van der Waals surface area (Å²) >= 11 is 0. The second-order valence-electron chi connectivity index (χ2n) is 5.32. The lowest BCUT2D eigenvalue weighted by molar-refractivity contribution is -0.384. The number of benzene rings is 2. The Morgan fingerprint density at radius 3 is 2.58 bits per heavy atom. The van der Waals surface area contributed by atoms with Crippen molar-refractivity contribution in [3.63, 3.8) is 0 Å². The first-order valence-corrected chi connectivity index (χ1v) is 7.14. The van der Waals surface area contributed by atoms with Crippen LogP contribution in [0.2, 0.25) is 0 Å². The molecule has 0 fully saturated rings. The van der Waals surface area contributed by atoms with Crippen molar-refractivity contribution in [1.82, 2.24) is 9.55 Å². The lowest BCUT2D eigenvalue weighted by Gasteiger charge is -2.11. The Labute approximate surface area is 136 Å². The number of nitro benzene ring substituents is 1. The van der Waals surface area contributed by atoms with Gasteiger partial charge in [0.15, 0.2) is 0 Å². The molecule has 118 valence electrons. The van der Waals surface area contributed by atoms with E-state index in [2.05, 4.69) is 4.98 Å². The molecule has 0 radical (unpaired) electrons. The summed E-state index contributed by atoms with van der Waals surface area (Å²) in [4.78, 5) is 27.3. The van der Waals surface area contributed by atoms with Crippen molar-refractivity contribution in [3.05, 3.63) is 79.9 Å². The van der Waals surface area contributed by atoms with Crippen LogP contribution in [0, 0.1) is 28.4 Å². The van der Waals surface area contributed by atoms with Crippen LogP contribution in [0.5, 0.6) is 0 Å². The van der Waals surface area contributed by atoms with Gasteiger partial charge >= 0.3 is 0 Å². The quantitative estimate of drug-likeness (QED) is 0.545. The highest BCUT2D eigenvalue weighted by atomic mass is 16.6. The molecule has 3 aromatic rings. The number of nitriles is 1. The van der Waals surface area contributed by atoms with Gasteiger partial charge in [0, 0.05) is 12.1 Å². The maximum absolute atomic E-state index is 12.7. The van der Waals surface area contributed by atoms with Crippen molar-refractivity contribution >= 4 is 16.6 Å². The van der Waals surface area contributed by atoms with E-state index in [0.29, 0.717) is 28.8 Å². The maximum atomic E-state index is 12.7. The van der Waals surface area contributed by atoms with Crippen LogP contribution in [0.3, 0.4) is 0 Å². The third-order valence-corrected chi connectivity index (χ3v) is 3.76. The number of nitrogens with zero attached hydrogens (tertiary/aromatic N) is 4. The van der Waals surface area contributed by atoms with Crippen molar-refractivity contribution in [2.45, 2.75) is 13.5 Å². The fourth-order valence-corrected chi connectivity index (χ4v) is 2.49. The minimum Gasteiger partial charge on any atom is -0.292 e. The van der Waals surface area contributed by atoms with Crippen molar-refractivity contribution in [1.29, 1.82) is 5.26 Å². The van der Waals surface area contributed by atoms with Crippen molar-refractivity contribution in [3.8, 4) is 6.07 Å². The number of aromatic nitrogens is 2. The zero-order valence-electron chi connectivity index (χ0n) is 12.8. The van der Waals surface area contributed by atoms with Crippen LogP contribution in [0.1, 0.15) is 17.0 Å². The van der Waals surface area contributed by atoms with Gasteiger partial charge in [0.1, 0.15) is 5.82 Å². The number of rotatable bonds is 3. The Hall–Kier alpha value is -3.53. The molecule has 1 heterocycles. The van der Waals surface area contributed by atoms with Crippen molar-refractivity contribution < 1.29 is 4.92 Å². The topological polar surface area (TPSA) is 102 Å². The van der Waals surface area contributed by atoms with Gasteiger partial charge in [-0.25, -0.2) is 4.98 Å². The SMILES string of the molecule is Cc1nc2cc([N+](=O)[O-])ccc2c(=O)n1Cc1ccc(C#N)cc1. The summed E-state index contributed by atoms with van der Waals surface area (Å²) in [5, 5.41) is 20.0. The van der Waals surface area contributed by atoms with Crippen LogP contribution < -0.4 is 5.56 Å². The molecule has 0 aliphatic rings. The van der Waals surface area contributed by atoms with Gasteiger partial charge in [0.25, 0.3) is 11.2 Å². The van der Waals surface area contributed by atoms with Crippen LogP contribution in [-0.4, -0.2) is 14.5 Å². The van der Waals surface area contributed by atoms with Gasteiger partial charge in [-0.15, -0.1) is 0 Å². The fourth-order valence-electron chi connectivity index (χ4n) is 2.49. The Morgan fingerprint density at radius 2 is 1.96 bits per heavy atom. The Balaban J connectivity index is 2.08. The second-order valence-corrected chi connectivity index (χ2v) is 5.32. The fraction of sp³-hybridized carbons (Fsp3) is 0.118. The van der Waals surface area contributed by atoms with E-state index in [1.165, 1.54) is 22.8 Å². The molecular weight excluding hydrogens is 308 g/mol. The molecule has 7 nitrogen and oxygen atoms in total. The molecule has 24 heavy (non-hydrogen) atoms. The van der Waals surface area contributed by atoms with Crippen molar-refractivity contribution in [2.24, 2.45) is 0 Å². The molecular formula is C17H12N4O3. The summed E-state index contributed by atoms with van der Waals surface area (Å²) < 4.78 is 1.51. The van der Waals surface area contributed by atoms with E-state index in [0.717, 1.165) is 5.56 Å². The maximum Gasteiger partial charge on any atom is 0.271 e. The first-order valence-electron chi connectivity index (χ1n) is 7.14. The smallest absolute Gasteiger partial charge is 0.271 e. The highest BCUT2D eigenvalue weighted by Gasteiger charge is 2.13. The van der Waals surface area contributed by atoms with Crippen LogP contribution in [-0.2, 0) is 6.54 Å². The minimum absolute atomic E-state index is 0.0985. The molecule has 0 saturated carbocycles. The van der Waals surface area contributed by atoms with Gasteiger partial charge < -0.3 is 0 Å². The number of nitro groups is 1. The van der Waals surface area contributed by atoms with Gasteiger partial charge in [0.05, 0.1) is 34.0 Å². The van der Waals surface area contributed by atoms with Crippen LogP contribution in [0.4, 0.5) is 5.69 Å². The monoisotopic (exact) mass is 320 g/mol. The van der Waals surface area contributed by atoms with E-state index in [1.54, 1.807) is 31.2 Å². The lowest BCUT2D eigenvalue weighted by Crippen LogP contribution is -2.24. The Kier molecular flexibility index (Phi) is 3.80. The summed E-state index contributed by atoms with van der Waals surface area (Å²) in [6, 6.07) is 13.0. The highest BCUT2D eigenvalue weighted by Crippen LogP contribution is 2.17. The molecule has 3 rings (SSSR count). The number of fused-ring (bicyclic) bond motifs is 1. The summed E-state index contributed by atoms with van der Waals surface area (Å²) in [7, 11) is 0. The van der Waals surface area contributed by atoms with Gasteiger partial charge in [-0.05, 0) is 30.7 Å². The third kappa shape index (κ3) is 2.73. The first-order chi connectivity index (χ1) is 11.5. The Morgan fingerprint density at radius 1 is 1.25 bits per heavy atom. The number of aryl methyl sites for hydroxylation is 1. The van der Waals surface area contributed by atoms with Gasteiger partial charge in [0.2, 0.25) is 0 Å². The molecule has 0 aliphatic carbocycles. The number of hydrogen-bond donors (Lipinski definition) is 0. The van der Waals surface area contributed by atoms with Crippen molar-refractivity contribution in [2.75, 3.05) is 0 Å². The molecule has 0 saturated heterocycles. The predicted octanol–water partition coefficient (Wildman–Crippen LogP) is 2.53. The summed E-state index contributed by atoms with van der Waals surface area (Å²) in [5.74, 6) is 0.470. The zero-order valence-corrected chi connectivity index (χ0v) is 12.8. The molecule has 0 spiro atoms. The molecule has 0 aliphatic heterocycles. The molecule has 0 unspecified atom stereocenters. The highest BCUT2D eigenvalue weighted by molar-refractivity contribution is 5.80. The van der Waals surface area contributed by atoms with Gasteiger partial charge in [-0.3, -0.25) is 19.5 Å². The number of non-ortho nitro benzene ring substituents is 1. The molecule has 7 heteroatoms. The minimum atomic E-state index is -0.515. The van der Waals surface area contributed by atoms with Gasteiger partial charge in [-0.2, -0.15) is 5.26 Å². The van der Waals surface area contributed by atoms with Crippen LogP contribution >= 0.6 is 0 Å². The summed E-state index contributed by atoms with van der Waals surface area (Å²) in [5.41, 5.74) is 1.37. The molecule has 2 aromatic carbocycles. The molecule has 0 amide bonds. The van der Waals surface area contributed by atoms with E-state index < -0.39 is 4.92 Å². The summed E-state index contributed by atoms with van der Waals surface area (Å²) in [6.07, 6.45) is 0. The first kappa shape index (κ1) is 15.4. The van der Waals surface area contributed by atoms with E-state index in [-0.39, 0.29) is 11.2 Å². The van der Waals surface area contributed by atoms with E-state index in [4.69, 9.17) is 5.26 Å². The average molecular weight is 320 g/mol. The molecule has 0 N–H and O–H groups in total. The normalized spacial score (nSPS) is 10.5. The summed E-state index contributed by atoms with van der Waals surface area (Å²) in [6.45, 7) is 2.00. The lowest BCUT2D eigenvalue weighted by atomic mass is 10.1. The van der Waals surface area contributed by atoms with E-state index in [9.17, 15) is 14.9 Å². The standard InChI is InChI=1S/C17H12N4O3/c1-11-19-16-8-14(21(23)24)6-7-15(16)17(22)20(11)10-13-4-2-12(9-18)3-5-13/h2-8H,10H2,1H3. The van der Waals surface area contributed by atoms with E-state index in [1.807, 2.05) is 6.07 Å². The average Bonchev–Trinajstić information content (AvgIpc) is 2.58. The van der Waals surface area contributed by atoms with E-state index >= 15 is 0 Å². The molecule has 1 aromatic heterocycles. The van der Waals surface area contributed by atoms with Crippen LogP contribution in [0.25, 0.3) is 10.9 Å². The Bertz CT molecular complexity index is 1050.